The molecule has 0 fully saturated rings. The molecule has 0 saturated carbocycles. The van der Waals surface area contributed by atoms with E-state index >= 15 is 0 Å². The fourth-order valence-electron chi connectivity index (χ4n) is 9.20. The van der Waals surface area contributed by atoms with E-state index in [1.54, 1.807) is 0 Å². The number of hydrogen-bond acceptors (Lipinski definition) is 0. The number of benzene rings is 9. The second kappa shape index (κ2) is 10.7. The number of fused-ring (bicyclic) bond motifs is 12. The first-order chi connectivity index (χ1) is 26.3. The van der Waals surface area contributed by atoms with E-state index in [1.807, 2.05) is 0 Å². The minimum Gasteiger partial charge on any atom is -0.309 e. The van der Waals surface area contributed by atoms with E-state index in [0.717, 1.165) is 5.69 Å². The normalized spacial score (nSPS) is 12.2. The lowest BCUT2D eigenvalue weighted by Crippen LogP contribution is -1.98. The Morgan fingerprint density at radius 2 is 0.755 bits per heavy atom. The second-order valence-electron chi connectivity index (χ2n) is 14.1. The van der Waals surface area contributed by atoms with Crippen LogP contribution in [0.2, 0.25) is 0 Å². The summed E-state index contributed by atoms with van der Waals surface area (Å²) in [7, 11) is 0. The van der Waals surface area contributed by atoms with Crippen molar-refractivity contribution in [2.45, 2.75) is 0 Å². The lowest BCUT2D eigenvalue weighted by Gasteiger charge is -2.16. The number of nitrogens with zero attached hydrogens (tertiary/aromatic N) is 3. The van der Waals surface area contributed by atoms with E-state index in [0.29, 0.717) is 0 Å². The molecule has 12 aromatic rings. The van der Waals surface area contributed by atoms with Gasteiger partial charge in [0.05, 0.1) is 38.8 Å². The molecule has 0 unspecified atom stereocenters. The molecular formula is C50H31N3. The third-order valence-corrected chi connectivity index (χ3v) is 11.4. The van der Waals surface area contributed by atoms with Crippen molar-refractivity contribution < 1.29 is 0 Å². The predicted octanol–water partition coefficient (Wildman–Crippen LogP) is 13.3. The molecule has 246 valence electrons. The highest BCUT2D eigenvalue weighted by molar-refractivity contribution is 6.27. The Hall–Kier alpha value is -7.10. The Kier molecular flexibility index (Phi) is 5.77. The molecule has 0 saturated heterocycles. The summed E-state index contributed by atoms with van der Waals surface area (Å²) in [6, 6.07) is 69.0. The van der Waals surface area contributed by atoms with Gasteiger partial charge >= 0.3 is 0 Å². The van der Waals surface area contributed by atoms with Crippen LogP contribution in [0.5, 0.6) is 0 Å². The van der Waals surface area contributed by atoms with Gasteiger partial charge in [0, 0.05) is 54.5 Å². The van der Waals surface area contributed by atoms with Crippen molar-refractivity contribution in [1.82, 2.24) is 13.7 Å². The Balaban J connectivity index is 1.24. The third-order valence-electron chi connectivity index (χ3n) is 11.4. The van der Waals surface area contributed by atoms with Gasteiger partial charge in [0.25, 0.3) is 0 Å². The summed E-state index contributed by atoms with van der Waals surface area (Å²) in [4.78, 5) is 0. The van der Waals surface area contributed by atoms with Crippen molar-refractivity contribution in [3.63, 3.8) is 0 Å². The zero-order valence-electron chi connectivity index (χ0n) is 28.7. The molecule has 9 aromatic carbocycles. The quantitative estimate of drug-likeness (QED) is 0.166. The summed E-state index contributed by atoms with van der Waals surface area (Å²) in [6.07, 6.45) is 0. The molecule has 0 bridgehead atoms. The molecule has 0 spiro atoms. The van der Waals surface area contributed by atoms with E-state index in [9.17, 15) is 0 Å². The van der Waals surface area contributed by atoms with E-state index in [1.165, 1.54) is 98.3 Å². The highest BCUT2D eigenvalue weighted by Crippen LogP contribution is 2.45. The number of aromatic nitrogens is 3. The second-order valence-corrected chi connectivity index (χ2v) is 14.1. The Bertz CT molecular complexity index is 3390. The van der Waals surface area contributed by atoms with E-state index < -0.39 is 0 Å². The van der Waals surface area contributed by atoms with Crippen LogP contribution in [0.3, 0.4) is 0 Å². The molecule has 12 rings (SSSR count). The van der Waals surface area contributed by atoms with Crippen LogP contribution in [-0.2, 0) is 0 Å². The molecule has 0 amide bonds. The van der Waals surface area contributed by atoms with Crippen LogP contribution >= 0.6 is 0 Å². The standard InChI is InChI=1S/C50H31N3/c1-2-16-34(17-3-1)51-43-23-11-9-21-39(43)42-31-35(26-28-46(42)51)52-45-25-13-10-22-41(45)48-47(52)29-27-40-38-20-8-12-24-44(38)53(50(40)48)49-36-18-6-4-14-32(36)30-33-15-5-7-19-37(33)49/h1-31H. The van der Waals surface area contributed by atoms with Crippen molar-refractivity contribution in [3.8, 4) is 17.1 Å². The van der Waals surface area contributed by atoms with Crippen LogP contribution in [0.4, 0.5) is 0 Å². The van der Waals surface area contributed by atoms with Crippen LogP contribution in [0.25, 0.3) is 104 Å². The summed E-state index contributed by atoms with van der Waals surface area (Å²) in [5.74, 6) is 0. The maximum atomic E-state index is 2.56. The molecule has 0 aliphatic rings. The fourth-order valence-corrected chi connectivity index (χ4v) is 9.20. The molecule has 0 aliphatic carbocycles. The fraction of sp³-hybridized carbons (Fsp3) is 0. The average Bonchev–Trinajstić information content (AvgIpc) is 3.85. The topological polar surface area (TPSA) is 14.8 Å². The summed E-state index contributed by atoms with van der Waals surface area (Å²) in [6.45, 7) is 0. The highest BCUT2D eigenvalue weighted by atomic mass is 15.0. The lowest BCUT2D eigenvalue weighted by molar-refractivity contribution is 1.16. The summed E-state index contributed by atoms with van der Waals surface area (Å²) >= 11 is 0. The molecule has 3 nitrogen and oxygen atoms in total. The Labute approximate surface area is 304 Å². The van der Waals surface area contributed by atoms with E-state index in [-0.39, 0.29) is 0 Å². The number of rotatable bonds is 3. The van der Waals surface area contributed by atoms with Crippen molar-refractivity contribution >= 4 is 87.0 Å². The largest absolute Gasteiger partial charge is 0.309 e. The minimum atomic E-state index is 1.15. The molecule has 0 N–H and O–H groups in total. The zero-order valence-corrected chi connectivity index (χ0v) is 28.7. The molecular weight excluding hydrogens is 643 g/mol. The van der Waals surface area contributed by atoms with E-state index in [2.05, 4.69) is 202 Å². The number of hydrogen-bond donors (Lipinski definition) is 0. The maximum Gasteiger partial charge on any atom is 0.0641 e. The van der Waals surface area contributed by atoms with Crippen molar-refractivity contribution in [2.75, 3.05) is 0 Å². The average molecular weight is 674 g/mol. The Morgan fingerprint density at radius 3 is 1.45 bits per heavy atom. The first kappa shape index (κ1) is 28.6. The summed E-state index contributed by atoms with van der Waals surface area (Å²) in [5, 5.41) is 12.5. The van der Waals surface area contributed by atoms with Crippen molar-refractivity contribution in [2.24, 2.45) is 0 Å². The van der Waals surface area contributed by atoms with Crippen molar-refractivity contribution in [3.05, 3.63) is 188 Å². The summed E-state index contributed by atoms with van der Waals surface area (Å²) < 4.78 is 7.42. The molecule has 0 radical (unpaired) electrons. The maximum absolute atomic E-state index is 2.56. The van der Waals surface area contributed by atoms with Crippen LogP contribution in [0.1, 0.15) is 0 Å². The number of para-hydroxylation sites is 4. The molecule has 0 atom stereocenters. The molecule has 53 heavy (non-hydrogen) atoms. The highest BCUT2D eigenvalue weighted by Gasteiger charge is 2.23. The van der Waals surface area contributed by atoms with Gasteiger partial charge in [-0.3, -0.25) is 0 Å². The first-order valence-electron chi connectivity index (χ1n) is 18.3. The molecule has 3 heterocycles. The van der Waals surface area contributed by atoms with Crippen LogP contribution in [0, 0.1) is 0 Å². The smallest absolute Gasteiger partial charge is 0.0641 e. The molecule has 0 aliphatic heterocycles. The first-order valence-corrected chi connectivity index (χ1v) is 18.3. The van der Waals surface area contributed by atoms with Gasteiger partial charge in [-0.15, -0.1) is 0 Å². The molecule has 3 heteroatoms. The van der Waals surface area contributed by atoms with Gasteiger partial charge in [-0.05, 0) is 71.4 Å². The zero-order chi connectivity index (χ0) is 34.6. The van der Waals surface area contributed by atoms with Gasteiger partial charge in [-0.2, -0.15) is 0 Å². The van der Waals surface area contributed by atoms with Crippen LogP contribution < -0.4 is 0 Å². The SMILES string of the molecule is c1ccc(-n2c3ccccc3c3cc(-n4c5ccccc5c5c4ccc4c6ccccc6n(-c6c7ccccc7cc7ccccc67)c45)ccc32)cc1. The van der Waals surface area contributed by atoms with Crippen LogP contribution in [0.15, 0.2) is 188 Å². The Morgan fingerprint density at radius 1 is 0.264 bits per heavy atom. The lowest BCUT2D eigenvalue weighted by atomic mass is 10.0. The predicted molar refractivity (Wildman–Crippen MR) is 224 cm³/mol. The minimum absolute atomic E-state index is 1.15. The monoisotopic (exact) mass is 673 g/mol. The van der Waals surface area contributed by atoms with Gasteiger partial charge in [-0.25, -0.2) is 0 Å². The van der Waals surface area contributed by atoms with E-state index in [4.69, 9.17) is 0 Å². The third kappa shape index (κ3) is 3.88. The van der Waals surface area contributed by atoms with Gasteiger partial charge in [0.15, 0.2) is 0 Å². The van der Waals surface area contributed by atoms with Gasteiger partial charge in [-0.1, -0.05) is 127 Å². The van der Waals surface area contributed by atoms with Crippen LogP contribution in [-0.4, -0.2) is 13.7 Å². The molecule has 3 aromatic heterocycles. The van der Waals surface area contributed by atoms with Gasteiger partial charge < -0.3 is 13.7 Å². The van der Waals surface area contributed by atoms with Gasteiger partial charge in [0.2, 0.25) is 0 Å². The van der Waals surface area contributed by atoms with Crippen molar-refractivity contribution in [1.29, 1.82) is 0 Å². The van der Waals surface area contributed by atoms with Gasteiger partial charge in [0.1, 0.15) is 0 Å². The summed E-state index contributed by atoms with van der Waals surface area (Å²) in [5.41, 5.74) is 10.8.